The van der Waals surface area contributed by atoms with Gasteiger partial charge in [0.2, 0.25) is 10.0 Å². The summed E-state index contributed by atoms with van der Waals surface area (Å²) in [6.07, 6.45) is 0.192. The molecule has 0 spiro atoms. The highest BCUT2D eigenvalue weighted by atomic mass is 32.2. The van der Waals surface area contributed by atoms with Crippen molar-refractivity contribution in [2.24, 2.45) is 0 Å². The molecule has 1 saturated heterocycles. The summed E-state index contributed by atoms with van der Waals surface area (Å²) in [5, 5.41) is 20.3. The van der Waals surface area contributed by atoms with Crippen LogP contribution in [0.25, 0.3) is 0 Å². The van der Waals surface area contributed by atoms with E-state index in [0.29, 0.717) is 12.8 Å². The predicted molar refractivity (Wildman–Crippen MR) is 67.1 cm³/mol. The molecule has 1 N–H and O–H groups in total. The van der Waals surface area contributed by atoms with Crippen LogP contribution in [-0.4, -0.2) is 41.9 Å². The molecule has 0 aromatic heterocycles. The summed E-state index contributed by atoms with van der Waals surface area (Å²) in [7, 11) is -3.88. The highest BCUT2D eigenvalue weighted by Gasteiger charge is 2.33. The topological polar surface area (TPSA) is 101 Å². The molecule has 19 heavy (non-hydrogen) atoms. The fourth-order valence-corrected chi connectivity index (χ4v) is 3.67. The number of nitrogens with zero attached hydrogens (tertiary/aromatic N) is 2. The van der Waals surface area contributed by atoms with Crippen LogP contribution in [0.5, 0.6) is 0 Å². The number of para-hydroxylation sites is 1. The summed E-state index contributed by atoms with van der Waals surface area (Å²) in [5.41, 5.74) is -0.423. The van der Waals surface area contributed by atoms with E-state index in [2.05, 4.69) is 0 Å². The smallest absolute Gasteiger partial charge is 0.289 e. The molecular formula is C11H14N2O5S. The molecule has 1 heterocycles. The summed E-state index contributed by atoms with van der Waals surface area (Å²) in [4.78, 5) is 9.89. The van der Waals surface area contributed by atoms with Crippen molar-refractivity contribution in [2.45, 2.75) is 23.8 Å². The molecule has 1 aliphatic heterocycles. The zero-order valence-corrected chi connectivity index (χ0v) is 10.9. The van der Waals surface area contributed by atoms with Crippen LogP contribution in [0, 0.1) is 10.1 Å². The highest BCUT2D eigenvalue weighted by molar-refractivity contribution is 7.89. The van der Waals surface area contributed by atoms with Gasteiger partial charge in [0.05, 0.1) is 11.0 Å². The van der Waals surface area contributed by atoms with Crippen LogP contribution in [0.1, 0.15) is 12.8 Å². The number of hydrogen-bond acceptors (Lipinski definition) is 5. The van der Waals surface area contributed by atoms with Gasteiger partial charge in [0.15, 0.2) is 4.90 Å². The molecule has 0 amide bonds. The number of nitro groups is 1. The normalized spacial score (nSPS) is 18.4. The van der Waals surface area contributed by atoms with Crippen molar-refractivity contribution in [2.75, 3.05) is 13.1 Å². The lowest BCUT2D eigenvalue weighted by Crippen LogP contribution is -2.40. The van der Waals surface area contributed by atoms with Crippen LogP contribution in [0.4, 0.5) is 5.69 Å². The van der Waals surface area contributed by atoms with Gasteiger partial charge in [0.1, 0.15) is 0 Å². The summed E-state index contributed by atoms with van der Waals surface area (Å²) < 4.78 is 25.9. The molecule has 1 fully saturated rings. The van der Waals surface area contributed by atoms with Crippen LogP contribution in [0.3, 0.4) is 0 Å². The fourth-order valence-electron chi connectivity index (χ4n) is 2.05. The van der Waals surface area contributed by atoms with E-state index >= 15 is 0 Å². The summed E-state index contributed by atoms with van der Waals surface area (Å²) in [6.45, 7) is 0.352. The van der Waals surface area contributed by atoms with Crippen molar-refractivity contribution >= 4 is 15.7 Å². The zero-order chi connectivity index (χ0) is 14.0. The van der Waals surface area contributed by atoms with Crippen LogP contribution in [0.2, 0.25) is 0 Å². The van der Waals surface area contributed by atoms with Gasteiger partial charge in [-0.1, -0.05) is 12.1 Å². The van der Waals surface area contributed by atoms with Gasteiger partial charge in [-0.05, 0) is 18.9 Å². The molecule has 0 saturated carbocycles. The third-order valence-electron chi connectivity index (χ3n) is 3.10. The lowest BCUT2D eigenvalue weighted by atomic mass is 10.1. The van der Waals surface area contributed by atoms with Crippen molar-refractivity contribution in [1.29, 1.82) is 0 Å². The van der Waals surface area contributed by atoms with Crippen molar-refractivity contribution in [3.8, 4) is 0 Å². The standard InChI is InChI=1S/C11H14N2O5S/c14-9-5-7-12(8-6-9)19(17,18)11-4-2-1-3-10(11)13(15)16/h1-4,9,14H,5-8H2. The molecule has 1 aliphatic rings. The molecule has 0 aliphatic carbocycles. The van der Waals surface area contributed by atoms with E-state index in [1.54, 1.807) is 0 Å². The van der Waals surface area contributed by atoms with Crippen molar-refractivity contribution in [1.82, 2.24) is 4.31 Å². The number of aliphatic hydroxyl groups is 1. The molecule has 1 aromatic carbocycles. The number of nitro benzene ring substituents is 1. The molecule has 104 valence electrons. The largest absolute Gasteiger partial charge is 0.393 e. The lowest BCUT2D eigenvalue weighted by Gasteiger charge is -2.28. The Morgan fingerprint density at radius 1 is 1.26 bits per heavy atom. The number of sulfonamides is 1. The number of aliphatic hydroxyl groups excluding tert-OH is 1. The van der Waals surface area contributed by atoms with E-state index in [1.165, 1.54) is 28.6 Å². The second-order valence-electron chi connectivity index (χ2n) is 4.36. The Balaban J connectivity index is 2.37. The first-order chi connectivity index (χ1) is 8.93. The minimum Gasteiger partial charge on any atom is -0.393 e. The molecule has 2 rings (SSSR count). The minimum atomic E-state index is -3.88. The number of piperidine rings is 1. The van der Waals surface area contributed by atoms with Gasteiger partial charge in [-0.3, -0.25) is 10.1 Å². The maximum absolute atomic E-state index is 12.4. The lowest BCUT2D eigenvalue weighted by molar-refractivity contribution is -0.387. The number of hydrogen-bond donors (Lipinski definition) is 1. The Labute approximate surface area is 110 Å². The first kappa shape index (κ1) is 13.9. The van der Waals surface area contributed by atoms with Crippen LogP contribution < -0.4 is 0 Å². The van der Waals surface area contributed by atoms with Crippen molar-refractivity contribution < 1.29 is 18.4 Å². The van der Waals surface area contributed by atoms with Gasteiger partial charge in [0.25, 0.3) is 5.69 Å². The third-order valence-corrected chi connectivity index (χ3v) is 5.05. The molecular weight excluding hydrogens is 272 g/mol. The summed E-state index contributed by atoms with van der Waals surface area (Å²) in [5.74, 6) is 0. The predicted octanol–water partition coefficient (Wildman–Crippen LogP) is 0.740. The van der Waals surface area contributed by atoms with Crippen molar-refractivity contribution in [3.05, 3.63) is 34.4 Å². The Morgan fingerprint density at radius 3 is 2.42 bits per heavy atom. The molecule has 1 aromatic rings. The van der Waals surface area contributed by atoms with Gasteiger partial charge in [-0.15, -0.1) is 0 Å². The molecule has 0 radical (unpaired) electrons. The molecule has 0 bridgehead atoms. The van der Waals surface area contributed by atoms with E-state index in [9.17, 15) is 23.6 Å². The average molecular weight is 286 g/mol. The Kier molecular flexibility index (Phi) is 3.83. The van der Waals surface area contributed by atoms with Gasteiger partial charge >= 0.3 is 0 Å². The Morgan fingerprint density at radius 2 is 1.84 bits per heavy atom. The monoisotopic (exact) mass is 286 g/mol. The molecule has 7 nitrogen and oxygen atoms in total. The fraction of sp³-hybridized carbons (Fsp3) is 0.455. The maximum atomic E-state index is 12.4. The minimum absolute atomic E-state index is 0.176. The van der Waals surface area contributed by atoms with E-state index in [-0.39, 0.29) is 18.0 Å². The average Bonchev–Trinajstić information content (AvgIpc) is 2.39. The summed E-state index contributed by atoms with van der Waals surface area (Å²) >= 11 is 0. The number of benzene rings is 1. The van der Waals surface area contributed by atoms with Gasteiger partial charge in [-0.2, -0.15) is 4.31 Å². The number of rotatable bonds is 3. The van der Waals surface area contributed by atoms with E-state index in [1.807, 2.05) is 0 Å². The molecule has 0 unspecified atom stereocenters. The van der Waals surface area contributed by atoms with Gasteiger partial charge in [-0.25, -0.2) is 8.42 Å². The maximum Gasteiger partial charge on any atom is 0.289 e. The first-order valence-electron chi connectivity index (χ1n) is 5.84. The van der Waals surface area contributed by atoms with Crippen LogP contribution in [0.15, 0.2) is 29.2 Å². The first-order valence-corrected chi connectivity index (χ1v) is 7.28. The summed E-state index contributed by atoms with van der Waals surface area (Å²) in [6, 6.07) is 5.29. The Hall–Kier alpha value is -1.51. The quantitative estimate of drug-likeness (QED) is 0.652. The highest BCUT2D eigenvalue weighted by Crippen LogP contribution is 2.27. The second-order valence-corrected chi connectivity index (χ2v) is 6.27. The van der Waals surface area contributed by atoms with Gasteiger partial charge in [0, 0.05) is 19.2 Å². The molecule has 0 atom stereocenters. The second kappa shape index (κ2) is 5.24. The van der Waals surface area contributed by atoms with Gasteiger partial charge < -0.3 is 5.11 Å². The van der Waals surface area contributed by atoms with Crippen LogP contribution in [-0.2, 0) is 10.0 Å². The van der Waals surface area contributed by atoms with Crippen molar-refractivity contribution in [3.63, 3.8) is 0 Å². The van der Waals surface area contributed by atoms with E-state index < -0.39 is 26.7 Å². The zero-order valence-electron chi connectivity index (χ0n) is 10.1. The third kappa shape index (κ3) is 2.75. The Bertz CT molecular complexity index is 579. The van der Waals surface area contributed by atoms with Crippen LogP contribution >= 0.6 is 0 Å². The molecule has 8 heteroatoms. The van der Waals surface area contributed by atoms with E-state index in [4.69, 9.17) is 0 Å². The van der Waals surface area contributed by atoms with E-state index in [0.717, 1.165) is 0 Å². The SMILES string of the molecule is O=[N+]([O-])c1ccccc1S(=O)(=O)N1CCC(O)CC1.